The van der Waals surface area contributed by atoms with Gasteiger partial charge < -0.3 is 19.8 Å². The van der Waals surface area contributed by atoms with E-state index in [0.29, 0.717) is 35.2 Å². The molecular weight excluding hydrogens is 438 g/mol. The highest BCUT2D eigenvalue weighted by atomic mass is 32.1. The third-order valence-corrected chi connectivity index (χ3v) is 7.33. The minimum atomic E-state index is -0.418. The number of carbonyl (C=O) groups excluding carboxylic acids is 2. The van der Waals surface area contributed by atoms with Gasteiger partial charge in [-0.2, -0.15) is 0 Å². The average Bonchev–Trinajstić information content (AvgIpc) is 3.58. The summed E-state index contributed by atoms with van der Waals surface area (Å²) in [6.45, 7) is 2.73. The molecule has 1 aliphatic carbocycles. The summed E-state index contributed by atoms with van der Waals surface area (Å²) in [5, 5.41) is 8.06. The molecule has 0 spiro atoms. The monoisotopic (exact) mass is 465 g/mol. The Labute approximate surface area is 196 Å². The van der Waals surface area contributed by atoms with Gasteiger partial charge in [0.15, 0.2) is 0 Å². The van der Waals surface area contributed by atoms with Crippen LogP contribution in [0.2, 0.25) is 0 Å². The molecule has 8 heteroatoms. The highest BCUT2D eigenvalue weighted by Gasteiger charge is 2.25. The van der Waals surface area contributed by atoms with Crippen LogP contribution < -0.4 is 10.6 Å². The number of rotatable bonds is 6. The number of nitrogens with zero attached hydrogens (tertiary/aromatic N) is 1. The van der Waals surface area contributed by atoms with Crippen LogP contribution >= 0.6 is 11.3 Å². The van der Waals surface area contributed by atoms with E-state index in [1.54, 1.807) is 0 Å². The van der Waals surface area contributed by atoms with Gasteiger partial charge in [-0.25, -0.2) is 4.98 Å². The Balaban J connectivity index is 1.30. The van der Waals surface area contributed by atoms with Gasteiger partial charge in [-0.15, -0.1) is 11.3 Å². The largest absolute Gasteiger partial charge is 0.441 e. The van der Waals surface area contributed by atoms with Crippen molar-refractivity contribution in [1.82, 2.24) is 10.3 Å². The van der Waals surface area contributed by atoms with Crippen molar-refractivity contribution in [3.05, 3.63) is 57.1 Å². The molecule has 7 nitrogen and oxygen atoms in total. The maximum absolute atomic E-state index is 12.8. The number of para-hydroxylation sites is 1. The number of carbonyl (C=O) groups is 2. The maximum atomic E-state index is 12.8. The summed E-state index contributed by atoms with van der Waals surface area (Å²) in [5.74, 6) is 0.832. The molecule has 2 aromatic heterocycles. The number of hydrogen-bond donors (Lipinski definition) is 2. The zero-order chi connectivity index (χ0) is 22.8. The molecule has 5 rings (SSSR count). The predicted octanol–water partition coefficient (Wildman–Crippen LogP) is 4.64. The smallest absolute Gasteiger partial charge is 0.261 e. The van der Waals surface area contributed by atoms with Crippen molar-refractivity contribution < 1.29 is 18.7 Å². The third-order valence-electron chi connectivity index (χ3n) is 6.26. The Morgan fingerprint density at radius 2 is 2.03 bits per heavy atom. The Morgan fingerprint density at radius 3 is 2.88 bits per heavy atom. The zero-order valence-corrected chi connectivity index (χ0v) is 19.4. The van der Waals surface area contributed by atoms with Gasteiger partial charge in [-0.05, 0) is 74.1 Å². The lowest BCUT2D eigenvalue weighted by Gasteiger charge is -2.12. The standard InChI is InChI=1S/C25H27N3O4S/c1-15-20(13-26-24(30)22-17-8-3-2-7-16(17)14-33-22)28-25(32-15)18-9-4-5-10-19(18)27-23(29)21-11-6-12-31-21/h4-5,9-10,14,21H,2-3,6-8,11-13H2,1H3,(H,26,30)(H,27,29). The predicted molar refractivity (Wildman–Crippen MR) is 126 cm³/mol. The summed E-state index contributed by atoms with van der Waals surface area (Å²) in [7, 11) is 0. The first-order chi connectivity index (χ1) is 16.1. The van der Waals surface area contributed by atoms with Gasteiger partial charge >= 0.3 is 0 Å². The zero-order valence-electron chi connectivity index (χ0n) is 18.6. The second-order valence-corrected chi connectivity index (χ2v) is 9.40. The minimum Gasteiger partial charge on any atom is -0.441 e. The molecule has 172 valence electrons. The van der Waals surface area contributed by atoms with E-state index in [-0.39, 0.29) is 18.4 Å². The molecule has 2 aliphatic rings. The molecule has 0 radical (unpaired) electrons. The summed E-state index contributed by atoms with van der Waals surface area (Å²) in [5.41, 5.74) is 4.51. The quantitative estimate of drug-likeness (QED) is 0.553. The number of fused-ring (bicyclic) bond motifs is 1. The van der Waals surface area contributed by atoms with Gasteiger partial charge in [0.2, 0.25) is 5.89 Å². The highest BCUT2D eigenvalue weighted by Crippen LogP contribution is 2.31. The minimum absolute atomic E-state index is 0.0590. The number of aryl methyl sites for hydroxylation is 2. The lowest BCUT2D eigenvalue weighted by molar-refractivity contribution is -0.124. The van der Waals surface area contributed by atoms with Crippen LogP contribution in [0.4, 0.5) is 5.69 Å². The Morgan fingerprint density at radius 1 is 1.18 bits per heavy atom. The molecular formula is C25H27N3O4S. The van der Waals surface area contributed by atoms with E-state index >= 15 is 0 Å². The molecule has 2 N–H and O–H groups in total. The fraction of sp³-hybridized carbons (Fsp3) is 0.400. The Kier molecular flexibility index (Phi) is 6.28. The van der Waals surface area contributed by atoms with Crippen LogP contribution in [0.3, 0.4) is 0 Å². The van der Waals surface area contributed by atoms with E-state index in [2.05, 4.69) is 21.0 Å². The van der Waals surface area contributed by atoms with Crippen molar-refractivity contribution >= 4 is 28.8 Å². The third kappa shape index (κ3) is 4.58. The molecule has 1 fully saturated rings. The van der Waals surface area contributed by atoms with E-state index in [0.717, 1.165) is 37.0 Å². The molecule has 3 heterocycles. The molecule has 0 saturated carbocycles. The molecule has 1 atom stereocenters. The number of anilines is 1. The van der Waals surface area contributed by atoms with Crippen molar-refractivity contribution in [2.45, 2.75) is 58.1 Å². The van der Waals surface area contributed by atoms with Crippen LogP contribution in [-0.4, -0.2) is 29.5 Å². The molecule has 1 aromatic carbocycles. The lowest BCUT2D eigenvalue weighted by Crippen LogP contribution is -2.27. The number of oxazole rings is 1. The lowest BCUT2D eigenvalue weighted by atomic mass is 9.94. The van der Waals surface area contributed by atoms with E-state index in [1.807, 2.05) is 31.2 Å². The van der Waals surface area contributed by atoms with E-state index in [4.69, 9.17) is 9.15 Å². The van der Waals surface area contributed by atoms with Gasteiger partial charge in [0.1, 0.15) is 17.6 Å². The van der Waals surface area contributed by atoms with Crippen LogP contribution in [0, 0.1) is 6.92 Å². The van der Waals surface area contributed by atoms with E-state index in [1.165, 1.54) is 28.9 Å². The number of thiophene rings is 1. The first-order valence-electron chi connectivity index (χ1n) is 11.5. The van der Waals surface area contributed by atoms with Crippen molar-refractivity contribution in [3.8, 4) is 11.5 Å². The highest BCUT2D eigenvalue weighted by molar-refractivity contribution is 7.12. The number of ether oxygens (including phenoxy) is 1. The van der Waals surface area contributed by atoms with Crippen LogP contribution in [0.25, 0.3) is 11.5 Å². The van der Waals surface area contributed by atoms with Gasteiger partial charge in [-0.1, -0.05) is 12.1 Å². The van der Waals surface area contributed by atoms with Crippen molar-refractivity contribution in [1.29, 1.82) is 0 Å². The number of nitrogens with one attached hydrogen (secondary N) is 2. The van der Waals surface area contributed by atoms with Gasteiger partial charge in [0.05, 0.1) is 22.7 Å². The maximum Gasteiger partial charge on any atom is 0.261 e. The molecule has 2 amide bonds. The van der Waals surface area contributed by atoms with E-state index in [9.17, 15) is 9.59 Å². The van der Waals surface area contributed by atoms with Crippen LogP contribution in [-0.2, 0) is 28.9 Å². The SMILES string of the molecule is Cc1oc(-c2ccccc2NC(=O)C2CCCO2)nc1CNC(=O)c1scc2c1CCCC2. The average molecular weight is 466 g/mol. The Bertz CT molecular complexity index is 1180. The summed E-state index contributed by atoms with van der Waals surface area (Å²) in [6.07, 6.45) is 5.57. The second kappa shape index (κ2) is 9.49. The molecule has 33 heavy (non-hydrogen) atoms. The van der Waals surface area contributed by atoms with Crippen molar-refractivity contribution in [3.63, 3.8) is 0 Å². The topological polar surface area (TPSA) is 93.5 Å². The first-order valence-corrected chi connectivity index (χ1v) is 12.3. The van der Waals surface area contributed by atoms with Crippen molar-refractivity contribution in [2.24, 2.45) is 0 Å². The Hall–Kier alpha value is -2.97. The summed E-state index contributed by atoms with van der Waals surface area (Å²) < 4.78 is 11.4. The van der Waals surface area contributed by atoms with Crippen LogP contribution in [0.1, 0.15) is 57.9 Å². The van der Waals surface area contributed by atoms with E-state index < -0.39 is 6.10 Å². The number of aromatic nitrogens is 1. The fourth-order valence-electron chi connectivity index (χ4n) is 4.44. The number of benzene rings is 1. The first kappa shape index (κ1) is 21.9. The molecule has 1 aliphatic heterocycles. The summed E-state index contributed by atoms with van der Waals surface area (Å²) >= 11 is 1.53. The van der Waals surface area contributed by atoms with Crippen LogP contribution in [0.15, 0.2) is 34.1 Å². The number of amides is 2. The second-order valence-electron chi connectivity index (χ2n) is 8.52. The molecule has 1 unspecified atom stereocenters. The van der Waals surface area contributed by atoms with Gasteiger partial charge in [-0.3, -0.25) is 9.59 Å². The normalized spacial score (nSPS) is 17.5. The summed E-state index contributed by atoms with van der Waals surface area (Å²) in [6, 6.07) is 7.41. The molecule has 0 bridgehead atoms. The molecule has 1 saturated heterocycles. The number of hydrogen-bond acceptors (Lipinski definition) is 6. The fourth-order valence-corrected chi connectivity index (χ4v) is 5.51. The van der Waals surface area contributed by atoms with Gasteiger partial charge in [0, 0.05) is 6.61 Å². The van der Waals surface area contributed by atoms with Crippen LogP contribution in [0.5, 0.6) is 0 Å². The van der Waals surface area contributed by atoms with Gasteiger partial charge in [0.25, 0.3) is 11.8 Å². The van der Waals surface area contributed by atoms with Crippen molar-refractivity contribution in [2.75, 3.05) is 11.9 Å². The summed E-state index contributed by atoms with van der Waals surface area (Å²) in [4.78, 5) is 30.8. The molecule has 3 aromatic rings.